The Morgan fingerprint density at radius 1 is 1.25 bits per heavy atom. The van der Waals surface area contributed by atoms with Crippen molar-refractivity contribution in [2.45, 2.75) is 64.5 Å². The second-order valence-electron chi connectivity index (χ2n) is 8.60. The van der Waals surface area contributed by atoms with Gasteiger partial charge in [-0.3, -0.25) is 14.5 Å². The lowest BCUT2D eigenvalue weighted by atomic mass is 9.73. The predicted octanol–water partition coefficient (Wildman–Crippen LogP) is 3.39. The van der Waals surface area contributed by atoms with Gasteiger partial charge in [0.1, 0.15) is 12.1 Å². The third-order valence-electron chi connectivity index (χ3n) is 6.05. The Morgan fingerprint density at radius 3 is 2.61 bits per heavy atom. The van der Waals surface area contributed by atoms with Crippen LogP contribution in [-0.2, 0) is 9.59 Å². The van der Waals surface area contributed by atoms with Gasteiger partial charge < -0.3 is 10.6 Å². The van der Waals surface area contributed by atoms with E-state index in [0.29, 0.717) is 12.3 Å². The Balaban J connectivity index is 1.69. The molecule has 152 valence electrons. The average Bonchev–Trinajstić information content (AvgIpc) is 2.89. The average molecular weight is 386 g/mol. The van der Waals surface area contributed by atoms with Gasteiger partial charge in [-0.1, -0.05) is 63.9 Å². The molecule has 3 unspecified atom stereocenters. The van der Waals surface area contributed by atoms with E-state index in [1.807, 2.05) is 37.3 Å². The van der Waals surface area contributed by atoms with Crippen LogP contribution in [0.3, 0.4) is 0 Å². The summed E-state index contributed by atoms with van der Waals surface area (Å²) in [5, 5.41) is 5.92. The Kier molecular flexibility index (Phi) is 6.06. The van der Waals surface area contributed by atoms with Crippen molar-refractivity contribution in [3.63, 3.8) is 0 Å². The fourth-order valence-electron chi connectivity index (χ4n) is 4.46. The number of carbonyl (C=O) groups is 3. The van der Waals surface area contributed by atoms with Crippen LogP contribution in [0.2, 0.25) is 0 Å². The molecule has 6 heteroatoms. The molecule has 2 N–H and O–H groups in total. The first-order valence-electron chi connectivity index (χ1n) is 10.3. The molecule has 28 heavy (non-hydrogen) atoms. The van der Waals surface area contributed by atoms with Gasteiger partial charge in [0.05, 0.1) is 6.04 Å². The van der Waals surface area contributed by atoms with Gasteiger partial charge in [0.15, 0.2) is 0 Å². The number of benzene rings is 1. The lowest BCUT2D eigenvalue weighted by molar-refractivity contribution is -0.137. The molecule has 0 radical (unpaired) electrons. The number of nitrogens with one attached hydrogen (secondary N) is 2. The molecule has 0 aromatic heterocycles. The van der Waals surface area contributed by atoms with E-state index in [0.717, 1.165) is 36.1 Å². The first kappa shape index (κ1) is 20.4. The van der Waals surface area contributed by atoms with E-state index < -0.39 is 11.6 Å². The molecule has 3 atom stereocenters. The molecule has 2 fully saturated rings. The van der Waals surface area contributed by atoms with Crippen molar-refractivity contribution >= 4 is 17.8 Å². The molecular weight excluding hydrogens is 354 g/mol. The van der Waals surface area contributed by atoms with E-state index in [2.05, 4.69) is 24.5 Å². The molecule has 1 aromatic rings. The van der Waals surface area contributed by atoms with E-state index in [4.69, 9.17) is 0 Å². The maximum Gasteiger partial charge on any atom is 0.325 e. The van der Waals surface area contributed by atoms with Crippen LogP contribution in [0.1, 0.15) is 64.5 Å². The van der Waals surface area contributed by atoms with Gasteiger partial charge in [0.2, 0.25) is 5.91 Å². The molecule has 1 spiro atoms. The standard InChI is InChI=1S/C22H31N3O3/c1-15(2)13-18(17-10-5-4-6-11-17)23-19(26)14-25-20(27)22(24-21(25)28)12-8-7-9-16(22)3/h4-6,10-11,15-16,18H,7-9,12-14H2,1-3H3,(H,23,26)(H,24,28). The van der Waals surface area contributed by atoms with Crippen molar-refractivity contribution in [2.75, 3.05) is 6.54 Å². The Bertz CT molecular complexity index is 734. The number of hydrogen-bond acceptors (Lipinski definition) is 3. The molecule has 1 saturated carbocycles. The molecule has 0 bridgehead atoms. The van der Waals surface area contributed by atoms with Gasteiger partial charge in [0, 0.05) is 0 Å². The molecule has 3 rings (SSSR count). The molecule has 1 aliphatic carbocycles. The van der Waals surface area contributed by atoms with E-state index in [1.54, 1.807) is 0 Å². The summed E-state index contributed by atoms with van der Waals surface area (Å²) < 4.78 is 0. The minimum Gasteiger partial charge on any atom is -0.348 e. The lowest BCUT2D eigenvalue weighted by Crippen LogP contribution is -2.54. The third-order valence-corrected chi connectivity index (χ3v) is 6.05. The molecule has 1 aromatic carbocycles. The molecule has 1 aliphatic heterocycles. The van der Waals surface area contributed by atoms with E-state index >= 15 is 0 Å². The summed E-state index contributed by atoms with van der Waals surface area (Å²) in [6.45, 7) is 5.98. The smallest absolute Gasteiger partial charge is 0.325 e. The van der Waals surface area contributed by atoms with Gasteiger partial charge >= 0.3 is 6.03 Å². The second-order valence-corrected chi connectivity index (χ2v) is 8.60. The SMILES string of the molecule is CC(C)CC(NC(=O)CN1C(=O)NC2(CCCCC2C)C1=O)c1ccccc1. The summed E-state index contributed by atoms with van der Waals surface area (Å²) >= 11 is 0. The van der Waals surface area contributed by atoms with Crippen molar-refractivity contribution in [3.05, 3.63) is 35.9 Å². The van der Waals surface area contributed by atoms with Crippen LogP contribution >= 0.6 is 0 Å². The zero-order valence-corrected chi connectivity index (χ0v) is 17.0. The van der Waals surface area contributed by atoms with Crippen molar-refractivity contribution in [2.24, 2.45) is 11.8 Å². The van der Waals surface area contributed by atoms with Gasteiger partial charge in [-0.25, -0.2) is 4.79 Å². The highest BCUT2D eigenvalue weighted by molar-refractivity contribution is 6.09. The van der Waals surface area contributed by atoms with E-state index in [-0.39, 0.29) is 30.3 Å². The fourth-order valence-corrected chi connectivity index (χ4v) is 4.46. The van der Waals surface area contributed by atoms with Gasteiger partial charge in [-0.2, -0.15) is 0 Å². The normalized spacial score (nSPS) is 25.9. The van der Waals surface area contributed by atoms with Crippen LogP contribution < -0.4 is 10.6 Å². The maximum absolute atomic E-state index is 13.0. The Labute approximate surface area is 167 Å². The highest BCUT2D eigenvalue weighted by atomic mass is 16.2. The van der Waals surface area contributed by atoms with Crippen molar-refractivity contribution < 1.29 is 14.4 Å². The minimum atomic E-state index is -0.827. The Morgan fingerprint density at radius 2 is 1.96 bits per heavy atom. The van der Waals surface area contributed by atoms with Crippen LogP contribution in [-0.4, -0.2) is 34.8 Å². The summed E-state index contributed by atoms with van der Waals surface area (Å²) in [6, 6.07) is 9.21. The number of hydrogen-bond donors (Lipinski definition) is 2. The van der Waals surface area contributed by atoms with Crippen LogP contribution in [0.15, 0.2) is 30.3 Å². The number of urea groups is 1. The van der Waals surface area contributed by atoms with Crippen molar-refractivity contribution in [1.29, 1.82) is 0 Å². The third kappa shape index (κ3) is 4.05. The van der Waals surface area contributed by atoms with Crippen molar-refractivity contribution in [3.8, 4) is 0 Å². The fraction of sp³-hybridized carbons (Fsp3) is 0.591. The predicted molar refractivity (Wildman–Crippen MR) is 107 cm³/mol. The number of imide groups is 1. The first-order chi connectivity index (χ1) is 13.3. The van der Waals surface area contributed by atoms with Crippen LogP contribution in [0.4, 0.5) is 4.79 Å². The van der Waals surface area contributed by atoms with E-state index in [1.165, 1.54) is 0 Å². The second kappa shape index (κ2) is 8.33. The monoisotopic (exact) mass is 385 g/mol. The summed E-state index contributed by atoms with van der Waals surface area (Å²) in [6.07, 6.45) is 4.34. The zero-order chi connectivity index (χ0) is 20.3. The highest BCUT2D eigenvalue weighted by Gasteiger charge is 2.55. The van der Waals surface area contributed by atoms with Crippen LogP contribution in [0, 0.1) is 11.8 Å². The van der Waals surface area contributed by atoms with Gasteiger partial charge in [-0.05, 0) is 36.7 Å². The molecular formula is C22H31N3O3. The maximum atomic E-state index is 13.0. The van der Waals surface area contributed by atoms with Gasteiger partial charge in [0.25, 0.3) is 5.91 Å². The molecule has 1 saturated heterocycles. The number of rotatable bonds is 6. The summed E-state index contributed by atoms with van der Waals surface area (Å²) in [5.41, 5.74) is 0.200. The van der Waals surface area contributed by atoms with Crippen LogP contribution in [0.5, 0.6) is 0 Å². The highest BCUT2D eigenvalue weighted by Crippen LogP contribution is 2.38. The molecule has 4 amide bonds. The summed E-state index contributed by atoms with van der Waals surface area (Å²) in [7, 11) is 0. The Hall–Kier alpha value is -2.37. The molecule has 2 aliphatic rings. The number of amides is 4. The van der Waals surface area contributed by atoms with Crippen LogP contribution in [0.25, 0.3) is 0 Å². The first-order valence-corrected chi connectivity index (χ1v) is 10.3. The quantitative estimate of drug-likeness (QED) is 0.737. The summed E-state index contributed by atoms with van der Waals surface area (Å²) in [4.78, 5) is 39.3. The molecule has 1 heterocycles. The summed E-state index contributed by atoms with van der Waals surface area (Å²) in [5.74, 6) is -0.0733. The van der Waals surface area contributed by atoms with E-state index in [9.17, 15) is 14.4 Å². The molecule has 6 nitrogen and oxygen atoms in total. The van der Waals surface area contributed by atoms with Crippen molar-refractivity contribution in [1.82, 2.24) is 15.5 Å². The largest absolute Gasteiger partial charge is 0.348 e. The minimum absolute atomic E-state index is 0.0868. The zero-order valence-electron chi connectivity index (χ0n) is 17.0. The topological polar surface area (TPSA) is 78.5 Å². The lowest BCUT2D eigenvalue weighted by Gasteiger charge is -2.36. The number of nitrogens with zero attached hydrogens (tertiary/aromatic N) is 1. The van der Waals surface area contributed by atoms with Gasteiger partial charge in [-0.15, -0.1) is 0 Å². The number of carbonyl (C=O) groups excluding carboxylic acids is 3.